The van der Waals surface area contributed by atoms with Crippen molar-refractivity contribution in [2.24, 2.45) is 5.73 Å². The van der Waals surface area contributed by atoms with Gasteiger partial charge in [-0.1, -0.05) is 0 Å². The Balaban J connectivity index is 0.00000243. The van der Waals surface area contributed by atoms with Crippen LogP contribution in [0.25, 0.3) is 0 Å². The number of amides is 1. The number of carbonyl (C=O) groups excluding carboxylic acids is 1. The number of piperidine rings is 1. The van der Waals surface area contributed by atoms with Crippen LogP contribution in [0, 0.1) is 10.1 Å². The van der Waals surface area contributed by atoms with Crippen molar-refractivity contribution in [1.29, 1.82) is 0 Å². The van der Waals surface area contributed by atoms with Crippen LogP contribution in [0.4, 0.5) is 11.4 Å². The molecule has 26 heavy (non-hydrogen) atoms. The Bertz CT molecular complexity index is 662. The number of hydrogen-bond acceptors (Lipinski definition) is 5. The second-order valence-corrected chi connectivity index (χ2v) is 7.08. The van der Waals surface area contributed by atoms with E-state index in [1.165, 1.54) is 6.07 Å². The summed E-state index contributed by atoms with van der Waals surface area (Å²) in [5, 5.41) is 11.5. The highest BCUT2D eigenvalue weighted by atomic mass is 35.5. The van der Waals surface area contributed by atoms with Crippen molar-refractivity contribution in [3.8, 4) is 0 Å². The molecule has 8 heteroatoms. The number of rotatable bonds is 4. The van der Waals surface area contributed by atoms with Gasteiger partial charge in [0.1, 0.15) is 5.69 Å². The largest absolute Gasteiger partial charge is 0.366 e. The van der Waals surface area contributed by atoms with Crippen molar-refractivity contribution in [3.05, 3.63) is 33.9 Å². The van der Waals surface area contributed by atoms with Crippen LogP contribution in [0.1, 0.15) is 49.4 Å². The van der Waals surface area contributed by atoms with Crippen LogP contribution in [-0.2, 0) is 0 Å². The lowest BCUT2D eigenvalue weighted by atomic mass is 9.96. The summed E-state index contributed by atoms with van der Waals surface area (Å²) in [6.07, 6.45) is 4.98. The molecule has 2 fully saturated rings. The lowest BCUT2D eigenvalue weighted by molar-refractivity contribution is -0.384. The number of likely N-dealkylation sites (tertiary alicyclic amines) is 1. The fourth-order valence-electron chi connectivity index (χ4n) is 3.95. The van der Waals surface area contributed by atoms with Gasteiger partial charge in [0, 0.05) is 43.3 Å². The molecule has 2 aliphatic heterocycles. The zero-order chi connectivity index (χ0) is 18.0. The van der Waals surface area contributed by atoms with E-state index in [1.807, 2.05) is 11.8 Å². The summed E-state index contributed by atoms with van der Waals surface area (Å²) < 4.78 is 0. The van der Waals surface area contributed by atoms with E-state index in [0.717, 1.165) is 45.2 Å². The topological polar surface area (TPSA) is 92.7 Å². The van der Waals surface area contributed by atoms with Gasteiger partial charge in [0.15, 0.2) is 0 Å². The number of nitrogens with two attached hydrogens (primary N) is 1. The standard InChI is InChI=1S/C18H26N4O3.ClH/c1-13(19)15-6-2-3-11-21(15)18(23)14-7-8-16(17(12-14)22(24)25)20-9-4-5-10-20;/h7-8,12-13,15H,2-6,9-11,19H2,1H3;1H. The van der Waals surface area contributed by atoms with Gasteiger partial charge >= 0.3 is 0 Å². The Morgan fingerprint density at radius 3 is 2.50 bits per heavy atom. The molecule has 0 bridgehead atoms. The first-order valence-electron chi connectivity index (χ1n) is 9.09. The molecule has 1 aromatic rings. The molecule has 0 saturated carbocycles. The Morgan fingerprint density at radius 1 is 1.23 bits per heavy atom. The van der Waals surface area contributed by atoms with Gasteiger partial charge in [-0.25, -0.2) is 0 Å². The minimum absolute atomic E-state index is 0. The zero-order valence-electron chi connectivity index (χ0n) is 15.1. The van der Waals surface area contributed by atoms with Crippen LogP contribution in [0.2, 0.25) is 0 Å². The molecule has 0 aromatic heterocycles. The van der Waals surface area contributed by atoms with E-state index in [1.54, 1.807) is 17.0 Å². The highest BCUT2D eigenvalue weighted by Gasteiger charge is 2.31. The van der Waals surface area contributed by atoms with E-state index in [9.17, 15) is 14.9 Å². The highest BCUT2D eigenvalue weighted by Crippen LogP contribution is 2.32. The number of nitro benzene ring substituents is 1. The highest BCUT2D eigenvalue weighted by molar-refractivity contribution is 5.96. The first-order valence-corrected chi connectivity index (χ1v) is 9.09. The number of hydrogen-bond donors (Lipinski definition) is 1. The number of carbonyl (C=O) groups is 1. The normalized spacial score (nSPS) is 21.2. The monoisotopic (exact) mass is 382 g/mol. The molecule has 2 saturated heterocycles. The lowest BCUT2D eigenvalue weighted by Crippen LogP contribution is -2.51. The number of nitro groups is 1. The molecule has 3 rings (SSSR count). The summed E-state index contributed by atoms with van der Waals surface area (Å²) in [7, 11) is 0. The van der Waals surface area contributed by atoms with Gasteiger partial charge in [-0.05, 0) is 51.2 Å². The Kier molecular flexibility index (Phi) is 6.83. The SMILES string of the molecule is CC(N)C1CCCCN1C(=O)c1ccc(N2CCCC2)c([N+](=O)[O-])c1.Cl. The van der Waals surface area contributed by atoms with Gasteiger partial charge < -0.3 is 15.5 Å². The summed E-state index contributed by atoms with van der Waals surface area (Å²) >= 11 is 0. The molecule has 2 N–H and O–H groups in total. The van der Waals surface area contributed by atoms with Crippen molar-refractivity contribution in [2.75, 3.05) is 24.5 Å². The van der Waals surface area contributed by atoms with E-state index in [0.29, 0.717) is 17.8 Å². The molecule has 2 unspecified atom stereocenters. The third kappa shape index (κ3) is 4.10. The molecule has 0 radical (unpaired) electrons. The van der Waals surface area contributed by atoms with Crippen LogP contribution < -0.4 is 10.6 Å². The van der Waals surface area contributed by atoms with Gasteiger partial charge in [0.05, 0.1) is 4.92 Å². The minimum Gasteiger partial charge on any atom is -0.366 e. The van der Waals surface area contributed by atoms with Crippen LogP contribution in [-0.4, -0.2) is 47.4 Å². The molecular weight excluding hydrogens is 356 g/mol. The van der Waals surface area contributed by atoms with Crippen molar-refractivity contribution >= 4 is 29.7 Å². The van der Waals surface area contributed by atoms with Crippen molar-refractivity contribution in [2.45, 2.75) is 51.1 Å². The summed E-state index contributed by atoms with van der Waals surface area (Å²) in [6, 6.07) is 4.77. The third-order valence-corrected chi connectivity index (χ3v) is 5.28. The first-order chi connectivity index (χ1) is 12.0. The zero-order valence-corrected chi connectivity index (χ0v) is 15.9. The maximum absolute atomic E-state index is 13.0. The van der Waals surface area contributed by atoms with Crippen LogP contribution >= 0.6 is 12.4 Å². The predicted octanol–water partition coefficient (Wildman–Crippen LogP) is 2.96. The molecular formula is C18H27ClN4O3. The fourth-order valence-corrected chi connectivity index (χ4v) is 3.95. The molecule has 144 valence electrons. The van der Waals surface area contributed by atoms with E-state index < -0.39 is 0 Å². The molecule has 7 nitrogen and oxygen atoms in total. The van der Waals surface area contributed by atoms with Gasteiger partial charge in [0.2, 0.25) is 0 Å². The molecule has 0 spiro atoms. The summed E-state index contributed by atoms with van der Waals surface area (Å²) in [5.41, 5.74) is 7.05. The number of anilines is 1. The molecule has 0 aliphatic carbocycles. The second kappa shape index (κ2) is 8.68. The number of benzene rings is 1. The molecule has 1 aromatic carbocycles. The second-order valence-electron chi connectivity index (χ2n) is 7.08. The number of nitrogens with zero attached hydrogens (tertiary/aromatic N) is 3. The van der Waals surface area contributed by atoms with Crippen molar-refractivity contribution < 1.29 is 9.72 Å². The van der Waals surface area contributed by atoms with Crippen LogP contribution in [0.3, 0.4) is 0 Å². The van der Waals surface area contributed by atoms with Crippen LogP contribution in [0.15, 0.2) is 18.2 Å². The number of halogens is 1. The predicted molar refractivity (Wildman–Crippen MR) is 104 cm³/mol. The maximum Gasteiger partial charge on any atom is 0.293 e. The fraction of sp³-hybridized carbons (Fsp3) is 0.611. The minimum atomic E-state index is -0.385. The third-order valence-electron chi connectivity index (χ3n) is 5.28. The summed E-state index contributed by atoms with van der Waals surface area (Å²) in [6.45, 7) is 4.22. The molecule has 2 heterocycles. The molecule has 1 amide bonds. The molecule has 2 atom stereocenters. The maximum atomic E-state index is 13.0. The van der Waals surface area contributed by atoms with E-state index in [4.69, 9.17) is 5.73 Å². The van der Waals surface area contributed by atoms with Gasteiger partial charge in [-0.2, -0.15) is 0 Å². The van der Waals surface area contributed by atoms with E-state index in [2.05, 4.69) is 0 Å². The van der Waals surface area contributed by atoms with Gasteiger partial charge in [0.25, 0.3) is 11.6 Å². The lowest BCUT2D eigenvalue weighted by Gasteiger charge is -2.38. The summed E-state index contributed by atoms with van der Waals surface area (Å²) in [5.74, 6) is -0.155. The van der Waals surface area contributed by atoms with Crippen molar-refractivity contribution in [3.63, 3.8) is 0 Å². The van der Waals surface area contributed by atoms with E-state index in [-0.39, 0.29) is 41.0 Å². The van der Waals surface area contributed by atoms with Gasteiger partial charge in [-0.15, -0.1) is 12.4 Å². The quantitative estimate of drug-likeness (QED) is 0.638. The van der Waals surface area contributed by atoms with Crippen LogP contribution in [0.5, 0.6) is 0 Å². The van der Waals surface area contributed by atoms with Gasteiger partial charge in [-0.3, -0.25) is 14.9 Å². The smallest absolute Gasteiger partial charge is 0.293 e. The van der Waals surface area contributed by atoms with E-state index >= 15 is 0 Å². The molecule has 2 aliphatic rings. The average molecular weight is 383 g/mol. The Labute approximate surface area is 160 Å². The summed E-state index contributed by atoms with van der Waals surface area (Å²) in [4.78, 5) is 27.9. The average Bonchev–Trinajstić information content (AvgIpc) is 3.15. The Hall–Kier alpha value is -1.86. The van der Waals surface area contributed by atoms with Crippen molar-refractivity contribution in [1.82, 2.24) is 4.90 Å². The first kappa shape index (κ1) is 20.5. The Morgan fingerprint density at radius 2 is 1.88 bits per heavy atom.